The average molecular weight is 422 g/mol. The summed E-state index contributed by atoms with van der Waals surface area (Å²) in [5.74, 6) is -2.85. The van der Waals surface area contributed by atoms with Gasteiger partial charge >= 0.3 is 24.1 Å². The standard InChI is InChI=1S/C18H13F3N4O5/c1-30-16(28)15(27)23-7-10-5-12(23)13-14(26)25(17(29)24(10)13)9-3-2-8(6-22)11(4-9)18(19,20)21/h2-4,10,12-13H,5,7H2,1H3/t10-,12?,13+/m1/s1. The lowest BCUT2D eigenvalue weighted by Gasteiger charge is -2.34. The van der Waals surface area contributed by atoms with Gasteiger partial charge in [0.15, 0.2) is 0 Å². The van der Waals surface area contributed by atoms with Gasteiger partial charge in [-0.2, -0.15) is 18.4 Å². The maximum atomic E-state index is 13.3. The Labute approximate surface area is 167 Å². The van der Waals surface area contributed by atoms with Crippen LogP contribution in [0.5, 0.6) is 0 Å². The molecule has 1 aromatic rings. The molecule has 4 amide bonds. The maximum Gasteiger partial charge on any atom is 0.417 e. The lowest BCUT2D eigenvalue weighted by molar-refractivity contribution is -0.160. The van der Waals surface area contributed by atoms with Crippen molar-refractivity contribution in [3.8, 4) is 6.07 Å². The van der Waals surface area contributed by atoms with Gasteiger partial charge in [0.1, 0.15) is 6.04 Å². The molecule has 3 atom stereocenters. The number of nitrogens with zero attached hydrogens (tertiary/aromatic N) is 4. The number of anilines is 1. The van der Waals surface area contributed by atoms with Crippen LogP contribution in [0.3, 0.4) is 0 Å². The number of likely N-dealkylation sites (tertiary alicyclic amines) is 1. The number of fused-ring (bicyclic) bond motifs is 5. The summed E-state index contributed by atoms with van der Waals surface area (Å²) in [4.78, 5) is 52.6. The molecule has 2 bridgehead atoms. The van der Waals surface area contributed by atoms with Crippen LogP contribution in [-0.4, -0.2) is 65.4 Å². The average Bonchev–Trinajstić information content (AvgIpc) is 3.37. The molecule has 12 heteroatoms. The predicted octanol–water partition coefficient (Wildman–Crippen LogP) is 0.870. The number of ether oxygens (including phenoxy) is 1. The molecule has 0 radical (unpaired) electrons. The van der Waals surface area contributed by atoms with Crippen LogP contribution in [0.1, 0.15) is 17.5 Å². The van der Waals surface area contributed by atoms with E-state index >= 15 is 0 Å². The van der Waals surface area contributed by atoms with Crippen molar-refractivity contribution in [3.05, 3.63) is 29.3 Å². The topological polar surface area (TPSA) is 111 Å². The minimum atomic E-state index is -4.86. The van der Waals surface area contributed by atoms with Crippen LogP contribution in [0.2, 0.25) is 0 Å². The summed E-state index contributed by atoms with van der Waals surface area (Å²) in [6.07, 6.45) is -4.58. The number of urea groups is 1. The minimum Gasteiger partial charge on any atom is -0.462 e. The smallest absolute Gasteiger partial charge is 0.417 e. The summed E-state index contributed by atoms with van der Waals surface area (Å²) in [5, 5.41) is 8.92. The van der Waals surface area contributed by atoms with Gasteiger partial charge in [-0.25, -0.2) is 14.5 Å². The van der Waals surface area contributed by atoms with Crippen molar-refractivity contribution in [2.45, 2.75) is 30.7 Å². The molecule has 30 heavy (non-hydrogen) atoms. The Morgan fingerprint density at radius 3 is 2.57 bits per heavy atom. The third kappa shape index (κ3) is 2.62. The predicted molar refractivity (Wildman–Crippen MR) is 90.6 cm³/mol. The molecule has 0 aromatic heterocycles. The molecule has 0 spiro atoms. The number of carbonyl (C=O) groups is 4. The maximum absolute atomic E-state index is 13.3. The van der Waals surface area contributed by atoms with E-state index < -0.39 is 59.2 Å². The van der Waals surface area contributed by atoms with E-state index in [9.17, 15) is 32.3 Å². The normalized spacial score (nSPS) is 24.9. The van der Waals surface area contributed by atoms with Gasteiger partial charge in [-0.1, -0.05) is 0 Å². The Kier molecular flexibility index (Phi) is 4.23. The highest BCUT2D eigenvalue weighted by Gasteiger charge is 2.63. The first kappa shape index (κ1) is 19.7. The van der Waals surface area contributed by atoms with Crippen LogP contribution in [0.25, 0.3) is 0 Å². The molecule has 156 valence electrons. The van der Waals surface area contributed by atoms with Gasteiger partial charge in [0.05, 0.1) is 42.1 Å². The molecule has 0 aliphatic carbocycles. The molecule has 3 aliphatic rings. The molecule has 1 aromatic carbocycles. The fourth-order valence-electron chi connectivity index (χ4n) is 4.34. The summed E-state index contributed by atoms with van der Waals surface area (Å²) < 4.78 is 44.2. The van der Waals surface area contributed by atoms with E-state index in [-0.39, 0.29) is 18.7 Å². The highest BCUT2D eigenvalue weighted by atomic mass is 19.4. The summed E-state index contributed by atoms with van der Waals surface area (Å²) >= 11 is 0. The van der Waals surface area contributed by atoms with E-state index in [0.29, 0.717) is 11.0 Å². The first-order valence-corrected chi connectivity index (χ1v) is 8.76. The third-order valence-electron chi connectivity index (χ3n) is 5.57. The highest BCUT2D eigenvalue weighted by Crippen LogP contribution is 2.43. The van der Waals surface area contributed by atoms with Crippen molar-refractivity contribution >= 4 is 29.5 Å². The fourth-order valence-corrected chi connectivity index (χ4v) is 4.34. The van der Waals surface area contributed by atoms with Crippen molar-refractivity contribution in [2.75, 3.05) is 18.6 Å². The van der Waals surface area contributed by atoms with Crippen LogP contribution in [0.4, 0.5) is 23.7 Å². The number of rotatable bonds is 1. The van der Waals surface area contributed by atoms with Crippen molar-refractivity contribution in [2.24, 2.45) is 0 Å². The second kappa shape index (κ2) is 6.45. The van der Waals surface area contributed by atoms with Crippen molar-refractivity contribution < 1.29 is 37.1 Å². The monoisotopic (exact) mass is 422 g/mol. The number of esters is 1. The molecular formula is C18H13F3N4O5. The van der Waals surface area contributed by atoms with Crippen LogP contribution in [0.15, 0.2) is 18.2 Å². The van der Waals surface area contributed by atoms with Crippen LogP contribution >= 0.6 is 0 Å². The summed E-state index contributed by atoms with van der Waals surface area (Å²) in [6, 6.07) is 0.767. The fraction of sp³-hybridized carbons (Fsp3) is 0.389. The molecule has 3 saturated heterocycles. The number of imide groups is 1. The molecule has 0 saturated carbocycles. The van der Waals surface area contributed by atoms with E-state index in [0.717, 1.165) is 24.1 Å². The number of methoxy groups -OCH3 is 1. The minimum absolute atomic E-state index is 0.0170. The lowest BCUT2D eigenvalue weighted by atomic mass is 10.1. The molecule has 3 fully saturated rings. The van der Waals surface area contributed by atoms with Crippen molar-refractivity contribution in [3.63, 3.8) is 0 Å². The van der Waals surface area contributed by atoms with E-state index in [1.807, 2.05) is 0 Å². The number of benzene rings is 1. The Hall–Kier alpha value is -3.62. The Morgan fingerprint density at radius 1 is 1.27 bits per heavy atom. The van der Waals surface area contributed by atoms with Gasteiger partial charge in [-0.05, 0) is 24.6 Å². The first-order valence-electron chi connectivity index (χ1n) is 8.76. The zero-order chi connectivity index (χ0) is 22.0. The van der Waals surface area contributed by atoms with Gasteiger partial charge in [0, 0.05) is 6.54 Å². The number of alkyl halides is 3. The highest BCUT2D eigenvalue weighted by molar-refractivity contribution is 6.33. The zero-order valence-corrected chi connectivity index (χ0v) is 15.3. The van der Waals surface area contributed by atoms with Crippen LogP contribution in [-0.2, 0) is 25.3 Å². The van der Waals surface area contributed by atoms with Crippen LogP contribution < -0.4 is 4.90 Å². The number of amides is 4. The van der Waals surface area contributed by atoms with Crippen LogP contribution in [0, 0.1) is 11.3 Å². The third-order valence-corrected chi connectivity index (χ3v) is 5.57. The van der Waals surface area contributed by atoms with Gasteiger partial charge in [-0.15, -0.1) is 0 Å². The molecule has 1 unspecified atom stereocenters. The molecule has 4 rings (SSSR count). The largest absolute Gasteiger partial charge is 0.462 e. The second-order valence-electron chi connectivity index (χ2n) is 7.05. The van der Waals surface area contributed by atoms with E-state index in [1.54, 1.807) is 0 Å². The number of piperazine rings is 1. The van der Waals surface area contributed by atoms with Gasteiger partial charge < -0.3 is 14.5 Å². The van der Waals surface area contributed by atoms with Gasteiger partial charge in [0.25, 0.3) is 5.91 Å². The van der Waals surface area contributed by atoms with Crippen molar-refractivity contribution in [1.82, 2.24) is 9.80 Å². The van der Waals surface area contributed by atoms with E-state index in [2.05, 4.69) is 4.74 Å². The van der Waals surface area contributed by atoms with E-state index in [4.69, 9.17) is 5.26 Å². The van der Waals surface area contributed by atoms with E-state index in [1.165, 1.54) is 11.0 Å². The molecule has 9 nitrogen and oxygen atoms in total. The number of hydrogen-bond donors (Lipinski definition) is 0. The quantitative estimate of drug-likeness (QED) is 0.377. The Morgan fingerprint density at radius 2 is 1.97 bits per heavy atom. The number of nitriles is 1. The lowest BCUT2D eigenvalue weighted by Crippen LogP contribution is -2.56. The first-order chi connectivity index (χ1) is 14.1. The number of carbonyl (C=O) groups excluding carboxylic acids is 4. The van der Waals surface area contributed by atoms with Gasteiger partial charge in [-0.3, -0.25) is 9.59 Å². The summed E-state index contributed by atoms with van der Waals surface area (Å²) in [6.45, 7) is 0.0170. The summed E-state index contributed by atoms with van der Waals surface area (Å²) in [5.41, 5.74) is -2.22. The number of halogens is 3. The Bertz CT molecular complexity index is 1030. The molecule has 3 heterocycles. The molecule has 0 N–H and O–H groups in total. The van der Waals surface area contributed by atoms with Gasteiger partial charge in [0.2, 0.25) is 0 Å². The second-order valence-corrected chi connectivity index (χ2v) is 7.05. The Balaban J connectivity index is 1.68. The zero-order valence-electron chi connectivity index (χ0n) is 15.3. The molecule has 3 aliphatic heterocycles. The summed E-state index contributed by atoms with van der Waals surface area (Å²) in [7, 11) is 1.04. The molecular weight excluding hydrogens is 409 g/mol. The van der Waals surface area contributed by atoms with Crippen molar-refractivity contribution in [1.29, 1.82) is 5.26 Å². The number of hydrogen-bond acceptors (Lipinski definition) is 6. The SMILES string of the molecule is COC(=O)C(=O)N1C[C@H]2CC1[C@H]1C(=O)N(c3ccc(C#N)c(C(F)(F)F)c3)C(=O)N21.